The van der Waals surface area contributed by atoms with Gasteiger partial charge in [0.15, 0.2) is 0 Å². The summed E-state index contributed by atoms with van der Waals surface area (Å²) in [4.78, 5) is 1.96. The first-order valence-electron chi connectivity index (χ1n) is 8.47. The van der Waals surface area contributed by atoms with Gasteiger partial charge in [-0.25, -0.2) is 13.1 Å². The monoisotopic (exact) mass is 333 g/mol. The molecule has 0 aromatic heterocycles. The Hall–Kier alpha value is -1.43. The summed E-state index contributed by atoms with van der Waals surface area (Å²) in [6.45, 7) is 4.04. The predicted molar refractivity (Wildman–Crippen MR) is 93.2 cm³/mol. The SMILES string of the molecule is O=S(=O)(NCCC[NH+]1CCCCC1)c1ccc2ccccc2c1. The molecule has 0 amide bonds. The van der Waals surface area contributed by atoms with Crippen molar-refractivity contribution >= 4 is 20.8 Å². The van der Waals surface area contributed by atoms with E-state index in [-0.39, 0.29) is 0 Å². The fraction of sp³-hybridized carbons (Fsp3) is 0.444. The lowest BCUT2D eigenvalue weighted by Gasteiger charge is -2.23. The van der Waals surface area contributed by atoms with E-state index >= 15 is 0 Å². The highest BCUT2D eigenvalue weighted by Gasteiger charge is 2.16. The van der Waals surface area contributed by atoms with Crippen molar-refractivity contribution in [1.82, 2.24) is 4.72 Å². The summed E-state index contributed by atoms with van der Waals surface area (Å²) in [6, 6.07) is 13.1. The predicted octanol–water partition coefficient (Wildman–Crippen LogP) is 1.58. The Morgan fingerprint density at radius 1 is 0.957 bits per heavy atom. The molecule has 23 heavy (non-hydrogen) atoms. The van der Waals surface area contributed by atoms with Crippen molar-refractivity contribution in [3.05, 3.63) is 42.5 Å². The van der Waals surface area contributed by atoms with E-state index in [1.165, 1.54) is 32.4 Å². The summed E-state index contributed by atoms with van der Waals surface area (Å²) >= 11 is 0. The normalized spacial score (nSPS) is 16.7. The lowest BCUT2D eigenvalue weighted by Crippen LogP contribution is -3.12. The number of hydrogen-bond acceptors (Lipinski definition) is 2. The largest absolute Gasteiger partial charge is 0.335 e. The zero-order valence-electron chi connectivity index (χ0n) is 13.4. The molecule has 0 unspecified atom stereocenters. The van der Waals surface area contributed by atoms with Crippen molar-refractivity contribution in [2.75, 3.05) is 26.2 Å². The molecule has 1 aliphatic rings. The molecule has 4 nitrogen and oxygen atoms in total. The number of hydrogen-bond donors (Lipinski definition) is 2. The molecule has 1 heterocycles. The Morgan fingerprint density at radius 3 is 2.48 bits per heavy atom. The average Bonchev–Trinajstić information content (AvgIpc) is 2.59. The van der Waals surface area contributed by atoms with Crippen LogP contribution in [0.25, 0.3) is 10.8 Å². The van der Waals surface area contributed by atoms with Crippen LogP contribution in [0.15, 0.2) is 47.4 Å². The molecule has 0 atom stereocenters. The number of rotatable bonds is 6. The number of fused-ring (bicyclic) bond motifs is 1. The summed E-state index contributed by atoms with van der Waals surface area (Å²) in [6.07, 6.45) is 4.84. The topological polar surface area (TPSA) is 50.6 Å². The molecule has 2 N–H and O–H groups in total. The van der Waals surface area contributed by atoms with Gasteiger partial charge >= 0.3 is 0 Å². The molecule has 1 fully saturated rings. The molecule has 0 aliphatic carbocycles. The van der Waals surface area contributed by atoms with E-state index in [9.17, 15) is 8.42 Å². The van der Waals surface area contributed by atoms with Crippen LogP contribution >= 0.6 is 0 Å². The minimum Gasteiger partial charge on any atom is -0.335 e. The second-order valence-corrected chi connectivity index (χ2v) is 8.09. The maximum Gasteiger partial charge on any atom is 0.240 e. The molecule has 2 aromatic carbocycles. The number of quaternary nitrogens is 1. The van der Waals surface area contributed by atoms with Crippen LogP contribution in [0.3, 0.4) is 0 Å². The quantitative estimate of drug-likeness (QED) is 0.789. The molecule has 124 valence electrons. The van der Waals surface area contributed by atoms with E-state index < -0.39 is 10.0 Å². The Morgan fingerprint density at radius 2 is 1.70 bits per heavy atom. The van der Waals surface area contributed by atoms with Gasteiger partial charge in [-0.2, -0.15) is 0 Å². The number of sulfonamides is 1. The van der Waals surface area contributed by atoms with Crippen molar-refractivity contribution in [3.63, 3.8) is 0 Å². The molecular formula is C18H25N2O2S+. The highest BCUT2D eigenvalue weighted by Crippen LogP contribution is 2.18. The first kappa shape index (κ1) is 16.4. The minimum absolute atomic E-state index is 0.349. The Balaban J connectivity index is 1.57. The maximum absolute atomic E-state index is 12.4. The lowest BCUT2D eigenvalue weighted by molar-refractivity contribution is -0.904. The number of piperidine rings is 1. The van der Waals surface area contributed by atoms with Crippen molar-refractivity contribution < 1.29 is 13.3 Å². The highest BCUT2D eigenvalue weighted by atomic mass is 32.2. The van der Waals surface area contributed by atoms with Crippen LogP contribution in [0, 0.1) is 0 Å². The lowest BCUT2D eigenvalue weighted by atomic mass is 10.1. The van der Waals surface area contributed by atoms with E-state index in [4.69, 9.17) is 0 Å². The third kappa shape index (κ3) is 4.31. The van der Waals surface area contributed by atoms with Gasteiger partial charge in [0.25, 0.3) is 0 Å². The smallest absolute Gasteiger partial charge is 0.240 e. The van der Waals surface area contributed by atoms with Gasteiger partial charge in [0, 0.05) is 13.0 Å². The van der Waals surface area contributed by atoms with Gasteiger partial charge in [-0.15, -0.1) is 0 Å². The summed E-state index contributed by atoms with van der Waals surface area (Å²) in [5, 5.41) is 2.01. The molecule has 1 aliphatic heterocycles. The standard InChI is InChI=1S/C18H24N2O2S/c21-23(22,19-11-6-14-20-12-4-1-5-13-20)18-10-9-16-7-2-3-8-17(16)15-18/h2-3,7-10,15,19H,1,4-6,11-14H2/p+1. The fourth-order valence-electron chi connectivity index (χ4n) is 3.26. The van der Waals surface area contributed by atoms with Crippen molar-refractivity contribution in [2.45, 2.75) is 30.6 Å². The second-order valence-electron chi connectivity index (χ2n) is 6.32. The van der Waals surface area contributed by atoms with Gasteiger partial charge in [-0.05, 0) is 42.2 Å². The zero-order valence-corrected chi connectivity index (χ0v) is 14.2. The maximum atomic E-state index is 12.4. The minimum atomic E-state index is -3.41. The van der Waals surface area contributed by atoms with Crippen molar-refractivity contribution in [3.8, 4) is 0 Å². The molecule has 0 bridgehead atoms. The van der Waals surface area contributed by atoms with Crippen LogP contribution in [-0.2, 0) is 10.0 Å². The van der Waals surface area contributed by atoms with Gasteiger partial charge in [-0.3, -0.25) is 0 Å². The molecule has 1 saturated heterocycles. The zero-order chi connectivity index (χ0) is 16.1. The van der Waals surface area contributed by atoms with Gasteiger partial charge < -0.3 is 4.90 Å². The molecule has 0 radical (unpaired) electrons. The molecule has 3 rings (SSSR count). The second kappa shape index (κ2) is 7.43. The third-order valence-corrected chi connectivity index (χ3v) is 6.05. The highest BCUT2D eigenvalue weighted by molar-refractivity contribution is 7.89. The molecular weight excluding hydrogens is 308 g/mol. The average molecular weight is 333 g/mol. The Kier molecular flexibility index (Phi) is 5.30. The van der Waals surface area contributed by atoms with Gasteiger partial charge in [-0.1, -0.05) is 30.3 Å². The van der Waals surface area contributed by atoms with Crippen molar-refractivity contribution in [2.24, 2.45) is 0 Å². The third-order valence-electron chi connectivity index (χ3n) is 4.59. The molecule has 0 saturated carbocycles. The summed E-state index contributed by atoms with van der Waals surface area (Å²) in [5.41, 5.74) is 0. The number of likely N-dealkylation sites (tertiary alicyclic amines) is 1. The van der Waals surface area contributed by atoms with E-state index in [0.29, 0.717) is 11.4 Å². The van der Waals surface area contributed by atoms with Crippen LogP contribution in [0.1, 0.15) is 25.7 Å². The fourth-order valence-corrected chi connectivity index (χ4v) is 4.37. The van der Waals surface area contributed by atoms with E-state index in [2.05, 4.69) is 4.72 Å². The Bertz CT molecular complexity index is 752. The van der Waals surface area contributed by atoms with Crippen molar-refractivity contribution in [1.29, 1.82) is 0 Å². The Labute approximate surface area is 138 Å². The first-order valence-corrected chi connectivity index (χ1v) is 9.95. The summed E-state index contributed by atoms with van der Waals surface area (Å²) in [7, 11) is -3.41. The summed E-state index contributed by atoms with van der Waals surface area (Å²) in [5.74, 6) is 0. The number of nitrogens with one attached hydrogen (secondary N) is 2. The molecule has 0 spiro atoms. The van der Waals surface area contributed by atoms with Crippen LogP contribution in [0.5, 0.6) is 0 Å². The molecule has 2 aromatic rings. The van der Waals surface area contributed by atoms with Crippen LogP contribution in [0.4, 0.5) is 0 Å². The number of benzene rings is 2. The van der Waals surface area contributed by atoms with Gasteiger partial charge in [0.05, 0.1) is 24.5 Å². The molecule has 5 heteroatoms. The first-order chi connectivity index (χ1) is 11.1. The summed E-state index contributed by atoms with van der Waals surface area (Å²) < 4.78 is 27.6. The van der Waals surface area contributed by atoms with E-state index in [0.717, 1.165) is 23.7 Å². The van der Waals surface area contributed by atoms with Gasteiger partial charge in [0.2, 0.25) is 10.0 Å². The van der Waals surface area contributed by atoms with Crippen LogP contribution < -0.4 is 9.62 Å². The van der Waals surface area contributed by atoms with Crippen LogP contribution in [0.2, 0.25) is 0 Å². The van der Waals surface area contributed by atoms with E-state index in [1.54, 1.807) is 17.0 Å². The van der Waals surface area contributed by atoms with E-state index in [1.807, 2.05) is 30.3 Å². The van der Waals surface area contributed by atoms with Crippen LogP contribution in [-0.4, -0.2) is 34.6 Å². The van der Waals surface area contributed by atoms with Gasteiger partial charge in [0.1, 0.15) is 0 Å².